The average Bonchev–Trinajstić information content (AvgIpc) is 4.17. The van der Waals surface area contributed by atoms with E-state index in [4.69, 9.17) is 14.2 Å². The van der Waals surface area contributed by atoms with Crippen molar-refractivity contribution in [3.05, 3.63) is 71.8 Å². The Labute approximate surface area is 451 Å². The number of hydrogen-bond acceptors (Lipinski definition) is 16. The highest BCUT2D eigenvalue weighted by Gasteiger charge is 2.76. The minimum absolute atomic E-state index is 0.0142. The number of halogens is 4. The van der Waals surface area contributed by atoms with Gasteiger partial charge in [0, 0.05) is 29.4 Å². The van der Waals surface area contributed by atoms with Gasteiger partial charge < -0.3 is 24.7 Å². The van der Waals surface area contributed by atoms with Gasteiger partial charge in [0.2, 0.25) is 17.2 Å². The van der Waals surface area contributed by atoms with Gasteiger partial charge in [-0.25, -0.2) is 4.79 Å². The molecule has 3 saturated heterocycles. The molecule has 5 aliphatic carbocycles. The van der Waals surface area contributed by atoms with Crippen LogP contribution in [0.3, 0.4) is 0 Å². The number of ketones is 2. The highest BCUT2D eigenvalue weighted by Crippen LogP contribution is 2.66. The first kappa shape index (κ1) is 61.3. The molecule has 2 aromatic rings. The molecule has 0 N–H and O–H groups in total. The molecule has 2 unspecified atom stereocenters. The molecule has 3 heterocycles. The zero-order valence-electron chi connectivity index (χ0n) is 42.8. The van der Waals surface area contributed by atoms with Crippen LogP contribution in [-0.2, 0) is 69.1 Å². The summed E-state index contributed by atoms with van der Waals surface area (Å²) in [5.74, 6) is 7.89. The van der Waals surface area contributed by atoms with E-state index in [2.05, 4.69) is 18.7 Å². The minimum Gasteiger partial charge on any atom is -0.691 e. The van der Waals surface area contributed by atoms with E-state index in [1.807, 2.05) is 60.7 Å². The van der Waals surface area contributed by atoms with Crippen molar-refractivity contribution >= 4 is 75.3 Å². The van der Waals surface area contributed by atoms with Crippen LogP contribution >= 0.6 is 24.1 Å². The lowest BCUT2D eigenvalue weighted by Crippen LogP contribution is -2.50. The number of rotatable bonds is 22. The summed E-state index contributed by atoms with van der Waals surface area (Å²) >= 11 is -0.729. The van der Waals surface area contributed by atoms with Gasteiger partial charge in [-0.1, -0.05) is 74.5 Å². The van der Waals surface area contributed by atoms with Gasteiger partial charge in [-0.15, -0.1) is 0 Å². The Bertz CT molecular complexity index is 2080. The Morgan fingerprint density at radius 2 is 1.04 bits per heavy atom. The van der Waals surface area contributed by atoms with E-state index in [1.54, 1.807) is 20.8 Å². The summed E-state index contributed by atoms with van der Waals surface area (Å²) in [6, 6.07) is 19.3. The molecule has 3 aliphatic heterocycles. The van der Waals surface area contributed by atoms with Crippen LogP contribution in [0.25, 0.3) is 0 Å². The van der Waals surface area contributed by atoms with Crippen LogP contribution in [0.1, 0.15) is 144 Å². The SMILES string of the molecule is CC12CCC(C(=O)OCCCC(F)(F)SOO[O-])(OC1=O)C2(C)C.O=C(C[S+]1CCCC1)c1ccccc1.O=C(C[S+]1CCCC1)c1ccccc1.O=C(OCCCC(F)(F)SOO[O-])C12CC3CC(CC(C3)C1)C2. The smallest absolute Gasteiger partial charge is 0.351 e. The van der Waals surface area contributed by atoms with Gasteiger partial charge in [0.15, 0.2) is 11.5 Å². The van der Waals surface area contributed by atoms with E-state index in [9.17, 15) is 52.0 Å². The standard InChI is InChI=1S/C15H22F2O5S.C14H20F2O7S.2C12H15OS/c16-15(17,23-22-21-19)2-1-3-20-13(18)14-7-10-4-11(8-14)6-12(5-10)9-14;1-11(2)12(3)6-7-13(11,21-9(12)17)10(18)20-8-4-5-14(15,16)24-23-22-19;2*13-12(10-14-8-4-5-9-14)11-6-2-1-3-7-11/h10-12,19H,1-9H2;19H,4-8H2,1-3H3;2*1-3,6-7H,4-5,8-10H2/q;;2*+1/p-2. The molecule has 5 saturated carbocycles. The molecule has 75 heavy (non-hydrogen) atoms. The summed E-state index contributed by atoms with van der Waals surface area (Å²) in [7, 11) is 0.785. The predicted molar refractivity (Wildman–Crippen MR) is 274 cm³/mol. The van der Waals surface area contributed by atoms with Gasteiger partial charge in [-0.2, -0.15) is 26.2 Å². The van der Waals surface area contributed by atoms with Gasteiger partial charge in [0.05, 0.1) is 24.0 Å². The van der Waals surface area contributed by atoms with Crippen molar-refractivity contribution in [2.24, 2.45) is 34.0 Å². The fourth-order valence-electron chi connectivity index (χ4n) is 11.9. The highest BCUT2D eigenvalue weighted by molar-refractivity contribution is 7.98. The quantitative estimate of drug-likeness (QED) is 0.0124. The Balaban J connectivity index is 0.000000167. The van der Waals surface area contributed by atoms with E-state index in [0.717, 1.165) is 41.9 Å². The van der Waals surface area contributed by atoms with Crippen molar-refractivity contribution in [2.75, 3.05) is 47.7 Å². The second-order valence-electron chi connectivity index (χ2n) is 21.4. The first-order valence-corrected chi connectivity index (χ1v) is 30.7. The third kappa shape index (κ3) is 16.3. The fraction of sp³-hybridized carbons (Fsp3) is 0.679. The number of hydrogen-bond donors (Lipinski definition) is 0. The monoisotopic (exact) mass is 1130 g/mol. The molecule has 2 aromatic carbocycles. The van der Waals surface area contributed by atoms with Crippen molar-refractivity contribution in [3.63, 3.8) is 0 Å². The number of carbonyl (C=O) groups excluding carboxylic acids is 5. The van der Waals surface area contributed by atoms with Crippen molar-refractivity contribution < 1.29 is 85.0 Å². The molecule has 0 spiro atoms. The summed E-state index contributed by atoms with van der Waals surface area (Å²) in [6.07, 6.45) is 11.2. The molecular formula is C53H70F4O14S4. The van der Waals surface area contributed by atoms with E-state index in [0.29, 0.717) is 64.0 Å². The fourth-order valence-corrected chi connectivity index (χ4v) is 17.2. The topological polar surface area (TPSA) is 196 Å². The number of Topliss-reactive ketones (excluding diaryl/α,β-unsaturated/α-hetero) is 2. The first-order valence-electron chi connectivity index (χ1n) is 25.7. The Kier molecular flexibility index (Phi) is 22.7. The van der Waals surface area contributed by atoms with Crippen molar-refractivity contribution in [1.82, 2.24) is 0 Å². The molecular weight excluding hydrogens is 1060 g/mol. The van der Waals surface area contributed by atoms with Gasteiger partial charge in [0.1, 0.15) is 47.1 Å². The van der Waals surface area contributed by atoms with Gasteiger partial charge >= 0.3 is 28.4 Å². The molecule has 6 bridgehead atoms. The largest absolute Gasteiger partial charge is 0.691 e. The second-order valence-corrected chi connectivity index (χ2v) is 27.8. The lowest BCUT2D eigenvalue weighted by atomic mass is 9.49. The highest BCUT2D eigenvalue weighted by atomic mass is 32.2. The Morgan fingerprint density at radius 1 is 0.640 bits per heavy atom. The van der Waals surface area contributed by atoms with Gasteiger partial charge in [0.25, 0.3) is 0 Å². The molecule has 8 aliphatic rings. The molecule has 0 radical (unpaired) electrons. The van der Waals surface area contributed by atoms with Crippen LogP contribution in [0.15, 0.2) is 60.7 Å². The van der Waals surface area contributed by atoms with Crippen molar-refractivity contribution in [3.8, 4) is 0 Å². The lowest BCUT2D eigenvalue weighted by Gasteiger charge is -2.55. The summed E-state index contributed by atoms with van der Waals surface area (Å²) in [5.41, 5.74) is -1.46. The van der Waals surface area contributed by atoms with Crippen LogP contribution in [0.2, 0.25) is 0 Å². The van der Waals surface area contributed by atoms with E-state index in [1.165, 1.54) is 68.0 Å². The molecule has 8 fully saturated rings. The summed E-state index contributed by atoms with van der Waals surface area (Å²) < 4.78 is 75.9. The number of carbonyl (C=O) groups is 5. The Hall–Kier alpha value is -2.93. The summed E-state index contributed by atoms with van der Waals surface area (Å²) in [4.78, 5) is 60.6. The molecule has 418 valence electrons. The molecule has 2 atom stereocenters. The molecule has 0 aromatic heterocycles. The van der Waals surface area contributed by atoms with Crippen LogP contribution in [-0.4, -0.2) is 93.3 Å². The van der Waals surface area contributed by atoms with Crippen LogP contribution < -0.4 is 10.5 Å². The third-order valence-electron chi connectivity index (χ3n) is 16.0. The van der Waals surface area contributed by atoms with Gasteiger partial charge in [-0.3, -0.25) is 29.3 Å². The maximum atomic E-state index is 13.2. The zero-order chi connectivity index (χ0) is 54.3. The number of alkyl halides is 4. The maximum Gasteiger partial charge on any atom is 0.351 e. The van der Waals surface area contributed by atoms with Crippen LogP contribution in [0.5, 0.6) is 0 Å². The van der Waals surface area contributed by atoms with Crippen molar-refractivity contribution in [1.29, 1.82) is 0 Å². The van der Waals surface area contributed by atoms with E-state index < -0.39 is 63.8 Å². The second kappa shape index (κ2) is 27.8. The number of esters is 3. The van der Waals surface area contributed by atoms with Crippen molar-refractivity contribution in [2.45, 2.75) is 140 Å². The molecule has 10 rings (SSSR count). The van der Waals surface area contributed by atoms with Gasteiger partial charge in [-0.05, 0) is 136 Å². The lowest BCUT2D eigenvalue weighted by molar-refractivity contribution is -0.777. The number of ether oxygens (including phenoxy) is 3. The first-order chi connectivity index (χ1) is 35.7. The normalized spacial score (nSPS) is 27.3. The Morgan fingerprint density at radius 3 is 1.40 bits per heavy atom. The van der Waals surface area contributed by atoms with Crippen LogP contribution in [0.4, 0.5) is 17.6 Å². The average molecular weight is 1140 g/mol. The molecule has 0 amide bonds. The van der Waals surface area contributed by atoms with E-state index in [-0.39, 0.29) is 49.5 Å². The summed E-state index contributed by atoms with van der Waals surface area (Å²) in [5, 5.41) is 18.3. The molecule has 14 nitrogen and oxygen atoms in total. The third-order valence-corrected chi connectivity index (χ3v) is 22.0. The number of benzene rings is 2. The maximum absolute atomic E-state index is 13.2. The van der Waals surface area contributed by atoms with Crippen LogP contribution in [0, 0.1) is 34.0 Å². The molecule has 22 heteroatoms. The minimum atomic E-state index is -3.35. The number of fused-ring (bicyclic) bond motifs is 2. The summed E-state index contributed by atoms with van der Waals surface area (Å²) in [6.45, 7) is 5.01. The van der Waals surface area contributed by atoms with E-state index >= 15 is 0 Å². The zero-order valence-corrected chi connectivity index (χ0v) is 46.1. The predicted octanol–water partition coefficient (Wildman–Crippen LogP) is 9.45.